The zero-order chi connectivity index (χ0) is 13.1. The number of methoxy groups -OCH3 is 2. The van der Waals surface area contributed by atoms with Crippen LogP contribution in [0.3, 0.4) is 0 Å². The van der Waals surface area contributed by atoms with E-state index in [0.29, 0.717) is 17.9 Å². The van der Waals surface area contributed by atoms with Crippen molar-refractivity contribution < 1.29 is 19.1 Å². The Bertz CT molecular complexity index is 467. The van der Waals surface area contributed by atoms with Crippen LogP contribution in [0.4, 0.5) is 4.79 Å². The van der Waals surface area contributed by atoms with E-state index in [1.54, 1.807) is 26.4 Å². The van der Waals surface area contributed by atoms with Crippen molar-refractivity contribution >= 4 is 22.9 Å². The number of carbonyl (C=O) groups is 2. The van der Waals surface area contributed by atoms with E-state index >= 15 is 0 Å². The highest BCUT2D eigenvalue weighted by Crippen LogP contribution is 2.33. The molecule has 0 unspecified atom stereocenters. The SMILES string of the molecule is COc1cccc(OC)c1C[C@H]1SC(=O)NC1=O. The highest BCUT2D eigenvalue weighted by atomic mass is 32.2. The lowest BCUT2D eigenvalue weighted by molar-refractivity contribution is -0.118. The Hall–Kier alpha value is -1.69. The largest absolute Gasteiger partial charge is 0.496 e. The summed E-state index contributed by atoms with van der Waals surface area (Å²) in [7, 11) is 3.12. The highest BCUT2D eigenvalue weighted by molar-refractivity contribution is 8.15. The third-order valence-electron chi connectivity index (χ3n) is 2.69. The number of amides is 2. The summed E-state index contributed by atoms with van der Waals surface area (Å²) in [5, 5.41) is 1.53. The van der Waals surface area contributed by atoms with Gasteiger partial charge < -0.3 is 9.47 Å². The van der Waals surface area contributed by atoms with Crippen molar-refractivity contribution in [2.75, 3.05) is 14.2 Å². The summed E-state index contributed by atoms with van der Waals surface area (Å²) in [6.45, 7) is 0. The van der Waals surface area contributed by atoms with Crippen LogP contribution in [0, 0.1) is 0 Å². The van der Waals surface area contributed by atoms with E-state index in [4.69, 9.17) is 9.47 Å². The first-order valence-electron chi connectivity index (χ1n) is 5.37. The van der Waals surface area contributed by atoms with Gasteiger partial charge in [0.25, 0.3) is 5.24 Å². The first-order valence-corrected chi connectivity index (χ1v) is 6.25. The lowest BCUT2D eigenvalue weighted by Gasteiger charge is -2.14. The summed E-state index contributed by atoms with van der Waals surface area (Å²) in [6.07, 6.45) is 0.398. The van der Waals surface area contributed by atoms with Crippen molar-refractivity contribution in [3.8, 4) is 11.5 Å². The molecule has 1 N–H and O–H groups in total. The van der Waals surface area contributed by atoms with Crippen LogP contribution in [0.1, 0.15) is 5.56 Å². The zero-order valence-electron chi connectivity index (χ0n) is 10.1. The topological polar surface area (TPSA) is 64.6 Å². The number of ether oxygens (including phenoxy) is 2. The Morgan fingerprint density at radius 2 is 1.83 bits per heavy atom. The van der Waals surface area contributed by atoms with Crippen LogP contribution in [0.25, 0.3) is 0 Å². The number of imide groups is 1. The van der Waals surface area contributed by atoms with E-state index in [2.05, 4.69) is 5.32 Å². The Balaban J connectivity index is 2.27. The molecule has 2 rings (SSSR count). The van der Waals surface area contributed by atoms with Gasteiger partial charge in [-0.3, -0.25) is 14.9 Å². The number of hydrogen-bond acceptors (Lipinski definition) is 5. The predicted molar refractivity (Wildman–Crippen MR) is 68.2 cm³/mol. The maximum absolute atomic E-state index is 11.6. The minimum absolute atomic E-state index is 0.266. The van der Waals surface area contributed by atoms with Crippen molar-refractivity contribution in [3.63, 3.8) is 0 Å². The Morgan fingerprint density at radius 3 is 2.28 bits per heavy atom. The van der Waals surface area contributed by atoms with Crippen molar-refractivity contribution in [1.82, 2.24) is 5.32 Å². The van der Waals surface area contributed by atoms with Gasteiger partial charge in [-0.1, -0.05) is 17.8 Å². The fraction of sp³-hybridized carbons (Fsp3) is 0.333. The summed E-state index contributed by atoms with van der Waals surface area (Å²) in [5.41, 5.74) is 0.796. The van der Waals surface area contributed by atoms with Gasteiger partial charge in [-0.15, -0.1) is 0 Å². The molecule has 0 radical (unpaired) electrons. The maximum Gasteiger partial charge on any atom is 0.286 e. The number of nitrogens with one attached hydrogen (secondary N) is 1. The molecule has 2 amide bonds. The van der Waals surface area contributed by atoms with E-state index in [1.165, 1.54) is 0 Å². The molecule has 0 aliphatic carbocycles. The average Bonchev–Trinajstić information content (AvgIpc) is 2.68. The molecule has 18 heavy (non-hydrogen) atoms. The van der Waals surface area contributed by atoms with Gasteiger partial charge in [-0.05, 0) is 12.1 Å². The molecule has 1 aromatic carbocycles. The second kappa shape index (κ2) is 5.30. The van der Waals surface area contributed by atoms with Gasteiger partial charge in [0.2, 0.25) is 5.91 Å². The molecule has 0 saturated carbocycles. The lowest BCUT2D eigenvalue weighted by Crippen LogP contribution is -2.25. The number of benzene rings is 1. The molecule has 0 aromatic heterocycles. The molecule has 1 heterocycles. The molecular formula is C12H13NO4S. The standard InChI is InChI=1S/C12H13NO4S/c1-16-8-4-3-5-9(17-2)7(8)6-10-11(14)13-12(15)18-10/h3-5,10H,6H2,1-2H3,(H,13,14,15)/t10-/m1/s1. The van der Waals surface area contributed by atoms with Crippen LogP contribution in [0.2, 0.25) is 0 Å². The third-order valence-corrected chi connectivity index (χ3v) is 3.67. The second-order valence-corrected chi connectivity index (χ2v) is 4.90. The number of rotatable bonds is 4. The van der Waals surface area contributed by atoms with Gasteiger partial charge in [0.1, 0.15) is 11.5 Å². The first kappa shape index (κ1) is 12.8. The third kappa shape index (κ3) is 2.43. The quantitative estimate of drug-likeness (QED) is 0.897. The van der Waals surface area contributed by atoms with Crippen molar-refractivity contribution in [1.29, 1.82) is 0 Å². The highest BCUT2D eigenvalue weighted by Gasteiger charge is 2.33. The molecule has 1 aliphatic heterocycles. The monoisotopic (exact) mass is 267 g/mol. The van der Waals surface area contributed by atoms with Gasteiger partial charge in [0.05, 0.1) is 19.5 Å². The van der Waals surface area contributed by atoms with Crippen LogP contribution in [0.15, 0.2) is 18.2 Å². The average molecular weight is 267 g/mol. The van der Waals surface area contributed by atoms with E-state index in [9.17, 15) is 9.59 Å². The van der Waals surface area contributed by atoms with Gasteiger partial charge in [0.15, 0.2) is 0 Å². The van der Waals surface area contributed by atoms with E-state index in [-0.39, 0.29) is 11.1 Å². The van der Waals surface area contributed by atoms with Crippen LogP contribution >= 0.6 is 11.8 Å². The van der Waals surface area contributed by atoms with Crippen molar-refractivity contribution in [3.05, 3.63) is 23.8 Å². The number of hydrogen-bond donors (Lipinski definition) is 1. The Kier molecular flexibility index (Phi) is 3.76. The molecule has 6 heteroatoms. The smallest absolute Gasteiger partial charge is 0.286 e. The number of thioether (sulfide) groups is 1. The molecule has 1 aliphatic rings. The van der Waals surface area contributed by atoms with E-state index in [0.717, 1.165) is 17.3 Å². The van der Waals surface area contributed by atoms with Crippen molar-refractivity contribution in [2.24, 2.45) is 0 Å². The first-order chi connectivity index (χ1) is 8.65. The Morgan fingerprint density at radius 1 is 1.22 bits per heavy atom. The van der Waals surface area contributed by atoms with Gasteiger partial charge in [-0.2, -0.15) is 0 Å². The van der Waals surface area contributed by atoms with Gasteiger partial charge in [-0.25, -0.2) is 0 Å². The van der Waals surface area contributed by atoms with Crippen LogP contribution in [0.5, 0.6) is 11.5 Å². The molecule has 96 valence electrons. The second-order valence-electron chi connectivity index (χ2n) is 3.73. The van der Waals surface area contributed by atoms with Crippen molar-refractivity contribution in [2.45, 2.75) is 11.7 Å². The van der Waals surface area contributed by atoms with E-state index in [1.807, 2.05) is 6.07 Å². The molecule has 1 fully saturated rings. The van der Waals surface area contributed by atoms with Gasteiger partial charge >= 0.3 is 0 Å². The number of carbonyl (C=O) groups excluding carboxylic acids is 2. The fourth-order valence-electron chi connectivity index (χ4n) is 1.84. The fourth-order valence-corrected chi connectivity index (χ4v) is 2.68. The van der Waals surface area contributed by atoms with Crippen LogP contribution < -0.4 is 14.8 Å². The predicted octanol–water partition coefficient (Wildman–Crippen LogP) is 1.60. The van der Waals surface area contributed by atoms with E-state index < -0.39 is 5.25 Å². The summed E-state index contributed by atoms with van der Waals surface area (Å²) in [4.78, 5) is 22.7. The maximum atomic E-state index is 11.6. The molecule has 1 aromatic rings. The zero-order valence-corrected chi connectivity index (χ0v) is 10.9. The van der Waals surface area contributed by atoms with Crippen LogP contribution in [-0.4, -0.2) is 30.6 Å². The minimum Gasteiger partial charge on any atom is -0.496 e. The Labute approximate surface area is 109 Å². The summed E-state index contributed by atoms with van der Waals surface area (Å²) in [5.74, 6) is 1.04. The summed E-state index contributed by atoms with van der Waals surface area (Å²) < 4.78 is 10.5. The molecule has 1 saturated heterocycles. The molecule has 0 bridgehead atoms. The summed E-state index contributed by atoms with van der Waals surface area (Å²) in [6, 6.07) is 5.42. The van der Waals surface area contributed by atoms with Gasteiger partial charge in [0, 0.05) is 12.0 Å². The lowest BCUT2D eigenvalue weighted by atomic mass is 10.1. The van der Waals surface area contributed by atoms with Crippen LogP contribution in [-0.2, 0) is 11.2 Å². The molecular weight excluding hydrogens is 254 g/mol. The molecule has 1 atom stereocenters. The minimum atomic E-state index is -0.428. The summed E-state index contributed by atoms with van der Waals surface area (Å²) >= 11 is 0.996. The normalized spacial score (nSPS) is 18.7. The molecule has 5 nitrogen and oxygen atoms in total. The molecule has 0 spiro atoms.